The summed E-state index contributed by atoms with van der Waals surface area (Å²) in [6, 6.07) is 3.59. The normalized spacial score (nSPS) is 25.4. The van der Waals surface area contributed by atoms with Crippen molar-refractivity contribution in [3.8, 4) is 0 Å². The predicted molar refractivity (Wildman–Crippen MR) is 114 cm³/mol. The first-order valence-electron chi connectivity index (χ1n) is 10.3. The topological polar surface area (TPSA) is 57.5 Å². The van der Waals surface area contributed by atoms with Crippen LogP contribution >= 0.6 is 22.9 Å². The Morgan fingerprint density at radius 3 is 2.74 bits per heavy atom. The number of carboxylic acid groups (broad SMARTS) is 1. The molecule has 1 aromatic heterocycles. The van der Waals surface area contributed by atoms with Crippen LogP contribution in [0.5, 0.6) is 0 Å². The summed E-state index contributed by atoms with van der Waals surface area (Å²) in [6.07, 6.45) is 15.1. The summed E-state index contributed by atoms with van der Waals surface area (Å²) >= 11 is 7.88. The second-order valence-electron chi connectivity index (χ2n) is 7.65. The van der Waals surface area contributed by atoms with E-state index in [9.17, 15) is 9.90 Å². The maximum absolute atomic E-state index is 11.0. The summed E-state index contributed by atoms with van der Waals surface area (Å²) in [5.41, 5.74) is 0. The molecule has 2 N–H and O–H groups in total. The van der Waals surface area contributed by atoms with Crippen LogP contribution in [0.15, 0.2) is 24.3 Å². The maximum atomic E-state index is 11.0. The number of hydrogen-bond acceptors (Lipinski definition) is 3. The number of halogens is 1. The monoisotopic (exact) mass is 412 g/mol. The van der Waals surface area contributed by atoms with Crippen LogP contribution in [0.4, 0.5) is 0 Å². The average molecular weight is 413 g/mol. The summed E-state index contributed by atoms with van der Waals surface area (Å²) in [4.78, 5) is 12.5. The maximum Gasteiger partial charge on any atom is 0.345 e. The highest BCUT2D eigenvalue weighted by molar-refractivity contribution is 7.13. The highest BCUT2D eigenvalue weighted by Gasteiger charge is 2.39. The number of alkyl halides is 1. The lowest BCUT2D eigenvalue weighted by molar-refractivity contribution is 0.0702. The number of rotatable bonds is 12. The van der Waals surface area contributed by atoms with Crippen molar-refractivity contribution in [2.75, 3.05) is 0 Å². The molecule has 1 aromatic rings. The quantitative estimate of drug-likeness (QED) is 0.241. The third-order valence-electron chi connectivity index (χ3n) is 5.54. The van der Waals surface area contributed by atoms with Gasteiger partial charge in [0.2, 0.25) is 0 Å². The predicted octanol–water partition coefficient (Wildman–Crippen LogP) is 6.29. The van der Waals surface area contributed by atoms with Gasteiger partial charge in [-0.1, -0.05) is 44.8 Å². The van der Waals surface area contributed by atoms with E-state index in [0.29, 0.717) is 17.2 Å². The molecule has 5 heteroatoms. The molecule has 2 rings (SSSR count). The standard InChI is InChI=1S/C22H33ClO3S/c1-2-3-4-5-6-7-8-11-18-17(19(23)15-20(18)24)12-9-10-16-13-14-21(27-16)22(25)26/h8,11,13-14,17-20,24H,2-7,9-10,12,15H2,1H3,(H,25,26)/t17-,18+,19+,20-/m1/s1. The Kier molecular flexibility index (Phi) is 9.88. The summed E-state index contributed by atoms with van der Waals surface area (Å²) in [5.74, 6) is -0.399. The molecule has 1 aliphatic carbocycles. The van der Waals surface area contributed by atoms with E-state index in [1.54, 1.807) is 6.07 Å². The molecule has 0 radical (unpaired) electrons. The van der Waals surface area contributed by atoms with Gasteiger partial charge in [-0.05, 0) is 56.6 Å². The van der Waals surface area contributed by atoms with Gasteiger partial charge in [-0.25, -0.2) is 4.79 Å². The van der Waals surface area contributed by atoms with E-state index in [4.69, 9.17) is 16.7 Å². The van der Waals surface area contributed by atoms with Crippen molar-refractivity contribution >= 4 is 28.9 Å². The highest BCUT2D eigenvalue weighted by atomic mass is 35.5. The fraction of sp³-hybridized carbons (Fsp3) is 0.682. The molecule has 0 bridgehead atoms. The Labute approximate surface area is 172 Å². The molecule has 0 aromatic carbocycles. The van der Waals surface area contributed by atoms with Crippen LogP contribution in [-0.2, 0) is 6.42 Å². The Hall–Kier alpha value is -0.840. The molecule has 1 aliphatic rings. The zero-order valence-electron chi connectivity index (χ0n) is 16.3. The smallest absolute Gasteiger partial charge is 0.345 e. The zero-order valence-corrected chi connectivity index (χ0v) is 17.9. The van der Waals surface area contributed by atoms with Gasteiger partial charge in [0.25, 0.3) is 0 Å². The van der Waals surface area contributed by atoms with Crippen LogP contribution in [0.3, 0.4) is 0 Å². The van der Waals surface area contributed by atoms with E-state index in [-0.39, 0.29) is 17.4 Å². The van der Waals surface area contributed by atoms with Crippen molar-refractivity contribution < 1.29 is 15.0 Å². The Balaban J connectivity index is 1.77. The van der Waals surface area contributed by atoms with E-state index in [0.717, 1.165) is 30.6 Å². The van der Waals surface area contributed by atoms with E-state index in [2.05, 4.69) is 19.1 Å². The van der Waals surface area contributed by atoms with E-state index >= 15 is 0 Å². The van der Waals surface area contributed by atoms with Gasteiger partial charge in [0.1, 0.15) is 4.88 Å². The second kappa shape index (κ2) is 11.9. The number of aliphatic hydroxyl groups is 1. The molecule has 152 valence electrons. The van der Waals surface area contributed by atoms with Gasteiger partial charge in [-0.3, -0.25) is 0 Å². The van der Waals surface area contributed by atoms with Crippen molar-refractivity contribution in [1.82, 2.24) is 0 Å². The number of aromatic carboxylic acids is 1. The van der Waals surface area contributed by atoms with Crippen LogP contribution < -0.4 is 0 Å². The molecule has 1 saturated carbocycles. The van der Waals surface area contributed by atoms with E-state index in [1.807, 2.05) is 6.07 Å². The minimum Gasteiger partial charge on any atom is -0.477 e. The molecule has 0 spiro atoms. The molecule has 0 amide bonds. The highest BCUT2D eigenvalue weighted by Crippen LogP contribution is 2.40. The SMILES string of the molecule is CCCCCCCC=C[C@H]1[C@@H](CCCc2ccc(C(=O)O)s2)[C@@H](Cl)C[C@H]1O. The molecular formula is C22H33ClO3S. The zero-order chi connectivity index (χ0) is 19.6. The molecule has 3 nitrogen and oxygen atoms in total. The number of carbonyl (C=O) groups is 1. The van der Waals surface area contributed by atoms with E-state index in [1.165, 1.54) is 43.4 Å². The van der Waals surface area contributed by atoms with Crippen molar-refractivity contribution in [3.05, 3.63) is 34.0 Å². The molecule has 0 saturated heterocycles. The van der Waals surface area contributed by atoms with E-state index < -0.39 is 5.97 Å². The summed E-state index contributed by atoms with van der Waals surface area (Å²) in [7, 11) is 0. The molecule has 1 fully saturated rings. The van der Waals surface area contributed by atoms with Crippen molar-refractivity contribution in [3.63, 3.8) is 0 Å². The fourth-order valence-corrected chi connectivity index (χ4v) is 5.36. The van der Waals surface area contributed by atoms with Gasteiger partial charge in [0, 0.05) is 16.2 Å². The van der Waals surface area contributed by atoms with Gasteiger partial charge in [0.15, 0.2) is 0 Å². The third kappa shape index (κ3) is 7.24. The number of thiophene rings is 1. The lowest BCUT2D eigenvalue weighted by Crippen LogP contribution is -2.18. The average Bonchev–Trinajstić information content (AvgIpc) is 3.20. The largest absolute Gasteiger partial charge is 0.477 e. The lowest BCUT2D eigenvalue weighted by atomic mass is 9.89. The lowest BCUT2D eigenvalue weighted by Gasteiger charge is -2.20. The molecule has 27 heavy (non-hydrogen) atoms. The number of carboxylic acids is 1. The first-order chi connectivity index (χ1) is 13.0. The Bertz CT molecular complexity index is 598. The second-order valence-corrected chi connectivity index (χ2v) is 9.38. The summed E-state index contributed by atoms with van der Waals surface area (Å²) in [6.45, 7) is 2.23. The van der Waals surface area contributed by atoms with Gasteiger partial charge < -0.3 is 10.2 Å². The summed E-state index contributed by atoms with van der Waals surface area (Å²) < 4.78 is 0. The number of aryl methyl sites for hydroxylation is 1. The number of aliphatic hydroxyl groups excluding tert-OH is 1. The molecule has 0 aliphatic heterocycles. The van der Waals surface area contributed by atoms with Gasteiger partial charge in [0.05, 0.1) is 6.10 Å². The molecular weight excluding hydrogens is 380 g/mol. The molecule has 4 atom stereocenters. The molecule has 1 heterocycles. The van der Waals surface area contributed by atoms with Crippen LogP contribution in [0, 0.1) is 11.8 Å². The Morgan fingerprint density at radius 2 is 2.04 bits per heavy atom. The first kappa shape index (κ1) is 22.4. The summed E-state index contributed by atoms with van der Waals surface area (Å²) in [5, 5.41) is 19.4. The Morgan fingerprint density at radius 1 is 1.26 bits per heavy atom. The van der Waals surface area contributed by atoms with Gasteiger partial charge in [-0.15, -0.1) is 22.9 Å². The first-order valence-corrected chi connectivity index (χ1v) is 11.6. The van der Waals surface area contributed by atoms with Gasteiger partial charge in [-0.2, -0.15) is 0 Å². The minimum atomic E-state index is -0.856. The third-order valence-corrected chi connectivity index (χ3v) is 7.17. The van der Waals surface area contributed by atoms with Crippen LogP contribution in [0.25, 0.3) is 0 Å². The van der Waals surface area contributed by atoms with Crippen molar-refractivity contribution in [1.29, 1.82) is 0 Å². The number of hydrogen-bond donors (Lipinski definition) is 2. The van der Waals surface area contributed by atoms with Crippen LogP contribution in [-0.4, -0.2) is 27.7 Å². The van der Waals surface area contributed by atoms with Crippen LogP contribution in [0.2, 0.25) is 0 Å². The number of allylic oxidation sites excluding steroid dienone is 1. The molecule has 0 unspecified atom stereocenters. The number of unbranched alkanes of at least 4 members (excludes halogenated alkanes) is 5. The fourth-order valence-electron chi connectivity index (χ4n) is 3.99. The van der Waals surface area contributed by atoms with Crippen molar-refractivity contribution in [2.24, 2.45) is 11.8 Å². The van der Waals surface area contributed by atoms with Crippen LogP contribution in [0.1, 0.15) is 79.3 Å². The van der Waals surface area contributed by atoms with Gasteiger partial charge >= 0.3 is 5.97 Å². The van der Waals surface area contributed by atoms with Crippen molar-refractivity contribution in [2.45, 2.75) is 82.6 Å². The minimum absolute atomic E-state index is 0.0251.